The molecule has 27 heavy (non-hydrogen) atoms. The van der Waals surface area contributed by atoms with Crippen LogP contribution >= 0.6 is 0 Å². The maximum absolute atomic E-state index is 6.13. The van der Waals surface area contributed by atoms with E-state index in [1.807, 2.05) is 12.1 Å². The highest BCUT2D eigenvalue weighted by Crippen LogP contribution is 2.34. The first-order valence-electron chi connectivity index (χ1n) is 9.45. The Morgan fingerprint density at radius 2 is 2.04 bits per heavy atom. The van der Waals surface area contributed by atoms with Gasteiger partial charge in [-0.3, -0.25) is 9.88 Å². The van der Waals surface area contributed by atoms with Crippen molar-refractivity contribution in [3.63, 3.8) is 0 Å². The van der Waals surface area contributed by atoms with Crippen molar-refractivity contribution in [3.05, 3.63) is 42.2 Å². The molecule has 0 radical (unpaired) electrons. The van der Waals surface area contributed by atoms with Crippen molar-refractivity contribution in [2.24, 2.45) is 0 Å². The zero-order valence-electron chi connectivity index (χ0n) is 16.5. The van der Waals surface area contributed by atoms with Crippen LogP contribution in [0, 0.1) is 0 Å². The third-order valence-electron chi connectivity index (χ3n) is 5.10. The first kappa shape index (κ1) is 19.6. The average Bonchev–Trinajstić information content (AvgIpc) is 2.69. The number of hydrogen-bond donors (Lipinski definition) is 1. The van der Waals surface area contributed by atoms with Crippen molar-refractivity contribution < 1.29 is 9.47 Å². The molecule has 1 saturated heterocycles. The number of nitrogens with zero attached hydrogens (tertiary/aromatic N) is 3. The fraction of sp³-hybridized carbons (Fsp3) is 0.476. The fourth-order valence-corrected chi connectivity index (χ4v) is 3.68. The number of likely N-dealkylation sites (N-methyl/N-ethyl adjacent to an activating group) is 1. The molecule has 3 rings (SSSR count). The summed E-state index contributed by atoms with van der Waals surface area (Å²) in [5.74, 6) is 0.820. The molecule has 6 heteroatoms. The molecule has 0 bridgehead atoms. The summed E-state index contributed by atoms with van der Waals surface area (Å²) in [6.07, 6.45) is 3.44. The van der Waals surface area contributed by atoms with Crippen molar-refractivity contribution in [2.45, 2.75) is 19.5 Å². The second kappa shape index (κ2) is 9.17. The average molecular weight is 370 g/mol. The lowest BCUT2D eigenvalue weighted by Crippen LogP contribution is -2.46. The Hall–Kier alpha value is -2.15. The minimum absolute atomic E-state index is 0.507. The summed E-state index contributed by atoms with van der Waals surface area (Å²) >= 11 is 0. The number of benzene rings is 1. The van der Waals surface area contributed by atoms with Gasteiger partial charge in [-0.15, -0.1) is 0 Å². The van der Waals surface area contributed by atoms with Gasteiger partial charge in [0.2, 0.25) is 0 Å². The van der Waals surface area contributed by atoms with Gasteiger partial charge in [0.05, 0.1) is 32.2 Å². The molecule has 2 N–H and O–H groups in total. The lowest BCUT2D eigenvalue weighted by Gasteiger charge is -2.34. The highest BCUT2D eigenvalue weighted by atomic mass is 16.5. The van der Waals surface area contributed by atoms with Crippen LogP contribution in [0.15, 0.2) is 36.7 Å². The number of hydrogen-bond acceptors (Lipinski definition) is 6. The maximum Gasteiger partial charge on any atom is 0.126 e. The lowest BCUT2D eigenvalue weighted by atomic mass is 10.0. The Morgan fingerprint density at radius 1 is 1.26 bits per heavy atom. The summed E-state index contributed by atoms with van der Waals surface area (Å²) in [5, 5.41) is 0. The van der Waals surface area contributed by atoms with E-state index in [9.17, 15) is 0 Å². The molecule has 1 fully saturated rings. The lowest BCUT2D eigenvalue weighted by molar-refractivity contribution is 0.0137. The molecule has 1 aromatic carbocycles. The smallest absolute Gasteiger partial charge is 0.126 e. The molecule has 1 aromatic heterocycles. The Morgan fingerprint density at radius 3 is 2.74 bits per heavy atom. The van der Waals surface area contributed by atoms with Gasteiger partial charge in [-0.25, -0.2) is 0 Å². The van der Waals surface area contributed by atoms with E-state index in [2.05, 4.69) is 40.9 Å². The van der Waals surface area contributed by atoms with Crippen LogP contribution in [-0.4, -0.2) is 67.8 Å². The zero-order chi connectivity index (χ0) is 19.2. The summed E-state index contributed by atoms with van der Waals surface area (Å²) in [4.78, 5) is 8.95. The van der Waals surface area contributed by atoms with Crippen molar-refractivity contribution in [1.82, 2.24) is 14.8 Å². The van der Waals surface area contributed by atoms with E-state index in [0.29, 0.717) is 11.7 Å². The minimum Gasteiger partial charge on any atom is -0.496 e. The zero-order valence-corrected chi connectivity index (χ0v) is 16.5. The van der Waals surface area contributed by atoms with Gasteiger partial charge in [0.25, 0.3) is 0 Å². The number of methoxy groups -OCH3 is 1. The van der Waals surface area contributed by atoms with Crippen LogP contribution in [0.2, 0.25) is 0 Å². The minimum atomic E-state index is 0.507. The van der Waals surface area contributed by atoms with Crippen molar-refractivity contribution in [2.75, 3.05) is 52.7 Å². The Labute approximate surface area is 161 Å². The molecule has 1 aliphatic heterocycles. The van der Waals surface area contributed by atoms with Crippen molar-refractivity contribution >= 4 is 5.69 Å². The first-order valence-corrected chi connectivity index (χ1v) is 9.45. The van der Waals surface area contributed by atoms with Crippen LogP contribution in [0.25, 0.3) is 11.1 Å². The molecule has 6 nitrogen and oxygen atoms in total. The van der Waals surface area contributed by atoms with Gasteiger partial charge in [0.1, 0.15) is 5.75 Å². The van der Waals surface area contributed by atoms with Gasteiger partial charge in [0, 0.05) is 49.5 Å². The maximum atomic E-state index is 6.13. The fourth-order valence-electron chi connectivity index (χ4n) is 3.68. The molecule has 2 aromatic rings. The molecule has 2 heterocycles. The van der Waals surface area contributed by atoms with Crippen molar-refractivity contribution in [1.29, 1.82) is 0 Å². The van der Waals surface area contributed by atoms with E-state index in [1.54, 1.807) is 19.5 Å². The summed E-state index contributed by atoms with van der Waals surface area (Å²) in [6, 6.07) is 8.74. The molecular formula is C21H30N4O2. The molecule has 0 amide bonds. The van der Waals surface area contributed by atoms with Crippen LogP contribution in [0.3, 0.4) is 0 Å². The van der Waals surface area contributed by atoms with Crippen LogP contribution < -0.4 is 10.5 Å². The van der Waals surface area contributed by atoms with Crippen LogP contribution in [0.4, 0.5) is 5.69 Å². The summed E-state index contributed by atoms with van der Waals surface area (Å²) in [5.41, 5.74) is 9.98. The molecule has 146 valence electrons. The summed E-state index contributed by atoms with van der Waals surface area (Å²) < 4.78 is 11.0. The topological polar surface area (TPSA) is 63.8 Å². The molecule has 0 spiro atoms. The summed E-state index contributed by atoms with van der Waals surface area (Å²) in [7, 11) is 3.85. The molecule has 1 atom stereocenters. The predicted octanol–water partition coefficient (Wildman–Crippen LogP) is 2.49. The third kappa shape index (κ3) is 4.97. The second-order valence-corrected chi connectivity index (χ2v) is 7.19. The third-order valence-corrected chi connectivity index (χ3v) is 5.10. The van der Waals surface area contributed by atoms with E-state index in [4.69, 9.17) is 15.2 Å². The van der Waals surface area contributed by atoms with E-state index in [-0.39, 0.29) is 0 Å². The largest absolute Gasteiger partial charge is 0.496 e. The molecule has 0 aliphatic carbocycles. The second-order valence-electron chi connectivity index (χ2n) is 7.19. The van der Waals surface area contributed by atoms with Gasteiger partial charge in [-0.1, -0.05) is 6.07 Å². The van der Waals surface area contributed by atoms with Gasteiger partial charge in [-0.05, 0) is 37.7 Å². The number of anilines is 1. The molecular weight excluding hydrogens is 340 g/mol. The first-order chi connectivity index (χ1) is 13.1. The van der Waals surface area contributed by atoms with E-state index in [1.165, 1.54) is 5.56 Å². The van der Waals surface area contributed by atoms with Crippen LogP contribution in [0.1, 0.15) is 12.5 Å². The Kier molecular flexibility index (Phi) is 6.66. The normalized spacial score (nSPS) is 16.4. The SMILES string of the molecule is COc1ccc(CN(C)CC(C)N2CCOCC2)cc1-c1ccncc1N. The molecule has 0 saturated carbocycles. The monoisotopic (exact) mass is 370 g/mol. The quantitative estimate of drug-likeness (QED) is 0.808. The number of rotatable bonds is 7. The number of aromatic nitrogens is 1. The van der Waals surface area contributed by atoms with E-state index >= 15 is 0 Å². The summed E-state index contributed by atoms with van der Waals surface area (Å²) in [6.45, 7) is 7.88. The predicted molar refractivity (Wildman–Crippen MR) is 109 cm³/mol. The number of morpholine rings is 1. The highest BCUT2D eigenvalue weighted by Gasteiger charge is 2.18. The number of nitrogen functional groups attached to an aromatic ring is 1. The highest BCUT2D eigenvalue weighted by molar-refractivity contribution is 5.80. The van der Waals surface area contributed by atoms with E-state index in [0.717, 1.165) is 56.3 Å². The van der Waals surface area contributed by atoms with Gasteiger partial charge in [-0.2, -0.15) is 0 Å². The number of nitrogens with two attached hydrogens (primary N) is 1. The Bertz CT molecular complexity index is 747. The number of pyridine rings is 1. The van der Waals surface area contributed by atoms with E-state index < -0.39 is 0 Å². The standard InChI is InChI=1S/C21H30N4O2/c1-16(25-8-10-27-11-9-25)14-24(2)15-17-4-5-21(26-3)19(12-17)18-6-7-23-13-20(18)22/h4-7,12-13,16H,8-11,14-15,22H2,1-3H3. The van der Waals surface area contributed by atoms with Crippen LogP contribution in [-0.2, 0) is 11.3 Å². The van der Waals surface area contributed by atoms with Gasteiger partial charge >= 0.3 is 0 Å². The van der Waals surface area contributed by atoms with Crippen molar-refractivity contribution in [3.8, 4) is 16.9 Å². The Balaban J connectivity index is 1.71. The molecule has 1 unspecified atom stereocenters. The molecule has 1 aliphatic rings. The van der Waals surface area contributed by atoms with Crippen LogP contribution in [0.5, 0.6) is 5.75 Å². The van der Waals surface area contributed by atoms with Gasteiger partial charge in [0.15, 0.2) is 0 Å². The van der Waals surface area contributed by atoms with Gasteiger partial charge < -0.3 is 20.1 Å². The number of ether oxygens (including phenoxy) is 2.